The molecule has 0 spiro atoms. The van der Waals surface area contributed by atoms with Crippen LogP contribution in [0.2, 0.25) is 0 Å². The van der Waals surface area contributed by atoms with Gasteiger partial charge in [0.05, 0.1) is 6.04 Å². The summed E-state index contributed by atoms with van der Waals surface area (Å²) >= 11 is 0. The van der Waals surface area contributed by atoms with Crippen LogP contribution >= 0.6 is 0 Å². The first-order valence-corrected chi connectivity index (χ1v) is 5.11. The molecule has 1 fully saturated rings. The van der Waals surface area contributed by atoms with Crippen LogP contribution in [-0.4, -0.2) is 9.97 Å². The van der Waals surface area contributed by atoms with Crippen molar-refractivity contribution in [3.8, 4) is 0 Å². The third-order valence-electron chi connectivity index (χ3n) is 2.93. The molecule has 0 aliphatic heterocycles. The summed E-state index contributed by atoms with van der Waals surface area (Å²) in [4.78, 5) is 7.25. The van der Waals surface area contributed by atoms with Crippen molar-refractivity contribution >= 4 is 0 Å². The van der Waals surface area contributed by atoms with E-state index in [0.717, 1.165) is 18.2 Å². The lowest BCUT2D eigenvalue weighted by molar-refractivity contribution is 0.441. The number of aromatic amines is 1. The lowest BCUT2D eigenvalue weighted by Crippen LogP contribution is -2.15. The summed E-state index contributed by atoms with van der Waals surface area (Å²) in [7, 11) is 0. The molecule has 1 heterocycles. The molecule has 3 nitrogen and oxygen atoms in total. The Labute approximate surface area is 78.7 Å². The van der Waals surface area contributed by atoms with Crippen LogP contribution in [0, 0.1) is 5.92 Å². The minimum atomic E-state index is 0.109. The molecule has 3 heteroatoms. The molecule has 1 saturated carbocycles. The predicted octanol–water partition coefficient (Wildman–Crippen LogP) is 1.99. The van der Waals surface area contributed by atoms with Gasteiger partial charge in [-0.2, -0.15) is 0 Å². The SMILES string of the molecule is NC(CC1CCCC1)c1ncc[nH]1. The molecule has 0 radical (unpaired) electrons. The smallest absolute Gasteiger partial charge is 0.123 e. The van der Waals surface area contributed by atoms with Gasteiger partial charge in [-0.05, 0) is 12.3 Å². The fourth-order valence-electron chi connectivity index (χ4n) is 2.20. The number of hydrogen-bond donors (Lipinski definition) is 2. The molecule has 0 saturated heterocycles. The minimum absolute atomic E-state index is 0.109. The van der Waals surface area contributed by atoms with Gasteiger partial charge in [-0.15, -0.1) is 0 Å². The number of aromatic nitrogens is 2. The van der Waals surface area contributed by atoms with E-state index in [0.29, 0.717) is 0 Å². The van der Waals surface area contributed by atoms with Crippen molar-refractivity contribution in [3.63, 3.8) is 0 Å². The molecule has 1 unspecified atom stereocenters. The summed E-state index contributed by atoms with van der Waals surface area (Å²) in [5.41, 5.74) is 6.03. The van der Waals surface area contributed by atoms with Crippen molar-refractivity contribution < 1.29 is 0 Å². The lowest BCUT2D eigenvalue weighted by Gasteiger charge is -2.13. The third kappa shape index (κ3) is 2.10. The summed E-state index contributed by atoms with van der Waals surface area (Å²) in [5.74, 6) is 1.77. The average Bonchev–Trinajstić information content (AvgIpc) is 2.74. The number of H-pyrrole nitrogens is 1. The summed E-state index contributed by atoms with van der Waals surface area (Å²) in [6.45, 7) is 0. The van der Waals surface area contributed by atoms with Gasteiger partial charge in [-0.1, -0.05) is 25.7 Å². The van der Waals surface area contributed by atoms with E-state index in [-0.39, 0.29) is 6.04 Å². The predicted molar refractivity (Wildman–Crippen MR) is 52.1 cm³/mol. The van der Waals surface area contributed by atoms with Crippen molar-refractivity contribution in [2.24, 2.45) is 11.7 Å². The van der Waals surface area contributed by atoms with Crippen LogP contribution in [0.1, 0.15) is 44.0 Å². The van der Waals surface area contributed by atoms with Crippen molar-refractivity contribution in [1.82, 2.24) is 9.97 Å². The first-order chi connectivity index (χ1) is 6.36. The minimum Gasteiger partial charge on any atom is -0.347 e. The second-order valence-electron chi connectivity index (χ2n) is 3.97. The van der Waals surface area contributed by atoms with Crippen LogP contribution in [0.4, 0.5) is 0 Å². The molecule has 1 aliphatic carbocycles. The van der Waals surface area contributed by atoms with E-state index in [1.807, 2.05) is 6.20 Å². The highest BCUT2D eigenvalue weighted by Gasteiger charge is 2.19. The van der Waals surface area contributed by atoms with Gasteiger partial charge in [0.2, 0.25) is 0 Å². The van der Waals surface area contributed by atoms with Crippen molar-refractivity contribution in [2.75, 3.05) is 0 Å². The molecular formula is C10H17N3. The van der Waals surface area contributed by atoms with Crippen molar-refractivity contribution in [2.45, 2.75) is 38.1 Å². The summed E-state index contributed by atoms with van der Waals surface area (Å²) in [5, 5.41) is 0. The van der Waals surface area contributed by atoms with Gasteiger partial charge in [-0.25, -0.2) is 4.98 Å². The van der Waals surface area contributed by atoms with Gasteiger partial charge in [0.15, 0.2) is 0 Å². The molecule has 0 aromatic carbocycles. The Bertz CT molecular complexity index is 237. The first kappa shape index (κ1) is 8.75. The highest BCUT2D eigenvalue weighted by atomic mass is 14.9. The second-order valence-corrected chi connectivity index (χ2v) is 3.97. The fourth-order valence-corrected chi connectivity index (χ4v) is 2.20. The zero-order chi connectivity index (χ0) is 9.10. The molecule has 0 amide bonds. The number of imidazole rings is 1. The van der Waals surface area contributed by atoms with E-state index in [9.17, 15) is 0 Å². The van der Waals surface area contributed by atoms with Gasteiger partial charge in [0.25, 0.3) is 0 Å². The van der Waals surface area contributed by atoms with Crippen LogP contribution in [0.25, 0.3) is 0 Å². The van der Waals surface area contributed by atoms with Gasteiger partial charge >= 0.3 is 0 Å². The van der Waals surface area contributed by atoms with Crippen LogP contribution in [0.3, 0.4) is 0 Å². The number of hydrogen-bond acceptors (Lipinski definition) is 2. The Morgan fingerprint density at radius 3 is 2.92 bits per heavy atom. The largest absolute Gasteiger partial charge is 0.347 e. The van der Waals surface area contributed by atoms with Crippen LogP contribution in [-0.2, 0) is 0 Å². The summed E-state index contributed by atoms with van der Waals surface area (Å²) in [6.07, 6.45) is 10.2. The van der Waals surface area contributed by atoms with Crippen molar-refractivity contribution in [3.05, 3.63) is 18.2 Å². The quantitative estimate of drug-likeness (QED) is 0.745. The number of rotatable bonds is 3. The molecule has 1 aromatic heterocycles. The van der Waals surface area contributed by atoms with E-state index in [1.165, 1.54) is 25.7 Å². The Hall–Kier alpha value is -0.830. The first-order valence-electron chi connectivity index (χ1n) is 5.11. The maximum Gasteiger partial charge on any atom is 0.123 e. The second kappa shape index (κ2) is 3.92. The highest BCUT2D eigenvalue weighted by molar-refractivity contribution is 4.94. The van der Waals surface area contributed by atoms with Crippen LogP contribution < -0.4 is 5.73 Å². The number of nitrogens with zero attached hydrogens (tertiary/aromatic N) is 1. The zero-order valence-electron chi connectivity index (χ0n) is 7.87. The normalized spacial score (nSPS) is 20.7. The van der Waals surface area contributed by atoms with Crippen LogP contribution in [0.15, 0.2) is 12.4 Å². The Balaban J connectivity index is 1.87. The molecule has 2 rings (SSSR count). The fraction of sp³-hybridized carbons (Fsp3) is 0.700. The van der Waals surface area contributed by atoms with Gasteiger partial charge in [-0.3, -0.25) is 0 Å². The average molecular weight is 179 g/mol. The molecule has 3 N–H and O–H groups in total. The maximum atomic E-state index is 6.03. The molecule has 1 aliphatic rings. The van der Waals surface area contributed by atoms with E-state index in [1.54, 1.807) is 6.20 Å². The Kier molecular flexibility index (Phi) is 2.64. The number of nitrogens with one attached hydrogen (secondary N) is 1. The zero-order valence-corrected chi connectivity index (χ0v) is 7.87. The Morgan fingerprint density at radius 2 is 2.31 bits per heavy atom. The van der Waals surface area contributed by atoms with Gasteiger partial charge in [0, 0.05) is 12.4 Å². The third-order valence-corrected chi connectivity index (χ3v) is 2.93. The van der Waals surface area contributed by atoms with E-state index < -0.39 is 0 Å². The maximum absolute atomic E-state index is 6.03. The topological polar surface area (TPSA) is 54.7 Å². The van der Waals surface area contributed by atoms with Crippen molar-refractivity contribution in [1.29, 1.82) is 0 Å². The summed E-state index contributed by atoms with van der Waals surface area (Å²) in [6, 6.07) is 0.109. The standard InChI is InChI=1S/C10H17N3/c11-9(10-12-5-6-13-10)7-8-3-1-2-4-8/h5-6,8-9H,1-4,7,11H2,(H,12,13). The molecule has 72 valence electrons. The molecule has 13 heavy (non-hydrogen) atoms. The molecule has 1 atom stereocenters. The van der Waals surface area contributed by atoms with Gasteiger partial charge in [0.1, 0.15) is 5.82 Å². The van der Waals surface area contributed by atoms with Gasteiger partial charge < -0.3 is 10.7 Å². The molecule has 1 aromatic rings. The Morgan fingerprint density at radius 1 is 1.54 bits per heavy atom. The highest BCUT2D eigenvalue weighted by Crippen LogP contribution is 2.30. The van der Waals surface area contributed by atoms with E-state index in [2.05, 4.69) is 9.97 Å². The lowest BCUT2D eigenvalue weighted by atomic mass is 9.99. The summed E-state index contributed by atoms with van der Waals surface area (Å²) < 4.78 is 0. The number of nitrogens with two attached hydrogens (primary N) is 1. The molecule has 0 bridgehead atoms. The molecular weight excluding hydrogens is 162 g/mol. The van der Waals surface area contributed by atoms with E-state index >= 15 is 0 Å². The van der Waals surface area contributed by atoms with E-state index in [4.69, 9.17) is 5.73 Å². The van der Waals surface area contributed by atoms with Crippen LogP contribution in [0.5, 0.6) is 0 Å². The monoisotopic (exact) mass is 179 g/mol.